The Balaban J connectivity index is 2.10. The van der Waals surface area contributed by atoms with Crippen molar-refractivity contribution in [3.8, 4) is 0 Å². The molecule has 0 aromatic heterocycles. The Kier molecular flexibility index (Phi) is 4.25. The molecule has 0 N–H and O–H groups in total. The number of benzene rings is 2. The van der Waals surface area contributed by atoms with E-state index < -0.39 is 0 Å². The van der Waals surface area contributed by atoms with Gasteiger partial charge in [0, 0.05) is 6.54 Å². The first-order valence-electron chi connectivity index (χ1n) is 7.63. The van der Waals surface area contributed by atoms with Gasteiger partial charge in [-0.2, -0.15) is 0 Å². The molecule has 0 aliphatic carbocycles. The minimum absolute atomic E-state index is 0.0137. The maximum Gasteiger partial charge on any atom is 0.315 e. The van der Waals surface area contributed by atoms with Crippen LogP contribution in [0.25, 0.3) is 0 Å². The van der Waals surface area contributed by atoms with Gasteiger partial charge in [-0.3, -0.25) is 9.69 Å². The smallest absolute Gasteiger partial charge is 0.315 e. The number of hydrogen-bond acceptors (Lipinski definition) is 3. The molecule has 0 radical (unpaired) electrons. The van der Waals surface area contributed by atoms with E-state index in [1.807, 2.05) is 36.4 Å². The zero-order valence-corrected chi connectivity index (χ0v) is 13.0. The van der Waals surface area contributed by atoms with E-state index in [1.165, 1.54) is 18.2 Å². The second-order valence-electron chi connectivity index (χ2n) is 5.79. The summed E-state index contributed by atoms with van der Waals surface area (Å²) in [6.07, 6.45) is 1.02. The third-order valence-corrected chi connectivity index (χ3v) is 4.51. The lowest BCUT2D eigenvalue weighted by Gasteiger charge is -2.38. The normalized spacial score (nSPS) is 19.3. The van der Waals surface area contributed by atoms with Gasteiger partial charge in [0.15, 0.2) is 0 Å². The average Bonchev–Trinajstić information content (AvgIpc) is 2.58. The molecule has 114 valence electrons. The van der Waals surface area contributed by atoms with E-state index in [4.69, 9.17) is 4.74 Å². The molecule has 2 atom stereocenters. The van der Waals surface area contributed by atoms with Crippen LogP contribution in [0.4, 0.5) is 0 Å². The highest BCUT2D eigenvalue weighted by Gasteiger charge is 2.37. The minimum Gasteiger partial charge on any atom is -0.468 e. The summed E-state index contributed by atoms with van der Waals surface area (Å²) >= 11 is 0. The molecule has 3 nitrogen and oxygen atoms in total. The number of fused-ring (bicyclic) bond motifs is 1. The van der Waals surface area contributed by atoms with Crippen molar-refractivity contribution in [1.82, 2.24) is 4.90 Å². The lowest BCUT2D eigenvalue weighted by Crippen LogP contribution is -2.38. The molecule has 0 saturated carbocycles. The molecule has 2 aromatic carbocycles. The maximum absolute atomic E-state index is 12.5. The van der Waals surface area contributed by atoms with Crippen molar-refractivity contribution in [2.75, 3.05) is 20.7 Å². The third kappa shape index (κ3) is 2.64. The van der Waals surface area contributed by atoms with Gasteiger partial charge in [-0.25, -0.2) is 0 Å². The first-order chi connectivity index (χ1) is 10.7. The molecule has 1 aliphatic heterocycles. The van der Waals surface area contributed by atoms with Gasteiger partial charge in [0.25, 0.3) is 0 Å². The molecule has 0 fully saturated rings. The maximum atomic E-state index is 12.5. The van der Waals surface area contributed by atoms with E-state index >= 15 is 0 Å². The van der Waals surface area contributed by atoms with Gasteiger partial charge < -0.3 is 4.74 Å². The monoisotopic (exact) mass is 295 g/mol. The molecule has 22 heavy (non-hydrogen) atoms. The Hall–Kier alpha value is -2.13. The number of carbonyl (C=O) groups is 1. The zero-order chi connectivity index (χ0) is 15.5. The predicted octanol–water partition coefficient (Wildman–Crippen LogP) is 3.17. The summed E-state index contributed by atoms with van der Waals surface area (Å²) in [7, 11) is 3.55. The van der Waals surface area contributed by atoms with Crippen LogP contribution in [0.2, 0.25) is 0 Å². The number of methoxy groups -OCH3 is 1. The Bertz CT molecular complexity index is 653. The van der Waals surface area contributed by atoms with Crippen LogP contribution < -0.4 is 0 Å². The van der Waals surface area contributed by atoms with Crippen LogP contribution in [-0.4, -0.2) is 31.6 Å². The number of likely N-dealkylation sites (N-methyl/N-ethyl adjacent to an activating group) is 1. The summed E-state index contributed by atoms with van der Waals surface area (Å²) in [4.78, 5) is 14.8. The Morgan fingerprint density at radius 1 is 1.14 bits per heavy atom. The summed E-state index contributed by atoms with van der Waals surface area (Å²) in [5.74, 6) is -0.489. The van der Waals surface area contributed by atoms with Crippen LogP contribution in [0.15, 0.2) is 54.6 Å². The molecule has 0 spiro atoms. The lowest BCUT2D eigenvalue weighted by atomic mass is 9.81. The summed E-state index contributed by atoms with van der Waals surface area (Å²) in [5, 5.41) is 0. The molecule has 1 aliphatic rings. The Morgan fingerprint density at radius 2 is 1.82 bits per heavy atom. The van der Waals surface area contributed by atoms with E-state index in [1.54, 1.807) is 0 Å². The molecule has 1 heterocycles. The van der Waals surface area contributed by atoms with Gasteiger partial charge in [0.05, 0.1) is 13.2 Å². The summed E-state index contributed by atoms with van der Waals surface area (Å²) in [6, 6.07) is 18.3. The molecular formula is C19H21NO2. The second kappa shape index (κ2) is 6.32. The van der Waals surface area contributed by atoms with Crippen molar-refractivity contribution in [2.24, 2.45) is 0 Å². The zero-order valence-electron chi connectivity index (χ0n) is 13.0. The summed E-state index contributed by atoms with van der Waals surface area (Å²) in [5.41, 5.74) is 3.56. The molecule has 3 heteroatoms. The third-order valence-electron chi connectivity index (χ3n) is 4.51. The van der Waals surface area contributed by atoms with Crippen molar-refractivity contribution in [3.05, 3.63) is 71.3 Å². The van der Waals surface area contributed by atoms with Gasteiger partial charge in [0.1, 0.15) is 5.92 Å². The van der Waals surface area contributed by atoms with Gasteiger partial charge in [-0.1, -0.05) is 54.6 Å². The van der Waals surface area contributed by atoms with Crippen molar-refractivity contribution in [2.45, 2.75) is 18.4 Å². The molecule has 0 amide bonds. The molecule has 2 aromatic rings. The lowest BCUT2D eigenvalue weighted by molar-refractivity contribution is -0.144. The number of rotatable bonds is 3. The van der Waals surface area contributed by atoms with E-state index in [0.717, 1.165) is 18.5 Å². The quantitative estimate of drug-likeness (QED) is 0.815. The molecule has 0 saturated heterocycles. The predicted molar refractivity (Wildman–Crippen MR) is 86.7 cm³/mol. The van der Waals surface area contributed by atoms with E-state index in [9.17, 15) is 4.79 Å². The standard InChI is InChI=1S/C19H21NO2/c1-20-13-12-14-8-6-7-11-16(14)18(20)17(19(21)22-2)15-9-4-3-5-10-15/h3-11,17-18H,12-13H2,1-2H3. The minimum atomic E-state index is -0.308. The number of ether oxygens (including phenoxy) is 1. The SMILES string of the molecule is COC(=O)C(c1ccccc1)C1c2ccccc2CCN1C. The van der Waals surface area contributed by atoms with Crippen molar-refractivity contribution < 1.29 is 9.53 Å². The van der Waals surface area contributed by atoms with Crippen LogP contribution >= 0.6 is 0 Å². The van der Waals surface area contributed by atoms with Gasteiger partial charge in [0.2, 0.25) is 0 Å². The second-order valence-corrected chi connectivity index (χ2v) is 5.79. The van der Waals surface area contributed by atoms with Crippen LogP contribution in [-0.2, 0) is 16.0 Å². The van der Waals surface area contributed by atoms with Crippen molar-refractivity contribution in [3.63, 3.8) is 0 Å². The van der Waals surface area contributed by atoms with Crippen LogP contribution in [0.1, 0.15) is 28.7 Å². The number of hydrogen-bond donors (Lipinski definition) is 0. The molecule has 3 rings (SSSR count). The number of esters is 1. The topological polar surface area (TPSA) is 29.5 Å². The van der Waals surface area contributed by atoms with E-state index in [-0.39, 0.29) is 17.9 Å². The highest BCUT2D eigenvalue weighted by molar-refractivity contribution is 5.79. The first kappa shape index (κ1) is 14.8. The highest BCUT2D eigenvalue weighted by Crippen LogP contribution is 2.40. The molecular weight excluding hydrogens is 274 g/mol. The van der Waals surface area contributed by atoms with Crippen LogP contribution in [0, 0.1) is 0 Å². The number of carbonyl (C=O) groups excluding carboxylic acids is 1. The average molecular weight is 295 g/mol. The van der Waals surface area contributed by atoms with Crippen LogP contribution in [0.5, 0.6) is 0 Å². The van der Waals surface area contributed by atoms with E-state index in [0.29, 0.717) is 0 Å². The Morgan fingerprint density at radius 3 is 2.55 bits per heavy atom. The fourth-order valence-electron chi connectivity index (χ4n) is 3.39. The number of nitrogens with zero attached hydrogens (tertiary/aromatic N) is 1. The van der Waals surface area contributed by atoms with E-state index in [2.05, 4.69) is 30.1 Å². The first-order valence-corrected chi connectivity index (χ1v) is 7.63. The van der Waals surface area contributed by atoms with Gasteiger partial charge in [-0.15, -0.1) is 0 Å². The fourth-order valence-corrected chi connectivity index (χ4v) is 3.39. The van der Waals surface area contributed by atoms with Crippen molar-refractivity contribution in [1.29, 1.82) is 0 Å². The molecule has 0 bridgehead atoms. The summed E-state index contributed by atoms with van der Waals surface area (Å²) in [6.45, 7) is 0.946. The highest BCUT2D eigenvalue weighted by atomic mass is 16.5. The van der Waals surface area contributed by atoms with Crippen molar-refractivity contribution >= 4 is 5.97 Å². The largest absolute Gasteiger partial charge is 0.468 e. The van der Waals surface area contributed by atoms with Crippen LogP contribution in [0.3, 0.4) is 0 Å². The Labute approximate surface area is 131 Å². The van der Waals surface area contributed by atoms with Gasteiger partial charge in [-0.05, 0) is 30.2 Å². The molecule has 2 unspecified atom stereocenters. The fraction of sp³-hybridized carbons (Fsp3) is 0.316. The van der Waals surface area contributed by atoms with Gasteiger partial charge >= 0.3 is 5.97 Å². The summed E-state index contributed by atoms with van der Waals surface area (Å²) < 4.78 is 5.12.